The molecule has 66 valence electrons. The summed E-state index contributed by atoms with van der Waals surface area (Å²) in [6.45, 7) is 0.216. The minimum absolute atomic E-state index is 0.00162. The first-order valence-corrected chi connectivity index (χ1v) is 4.98. The number of nitrogens with zero attached hydrogens (tertiary/aromatic N) is 3. The van der Waals surface area contributed by atoms with Crippen LogP contribution in [-0.4, -0.2) is 28.6 Å². The van der Waals surface area contributed by atoms with Gasteiger partial charge in [-0.1, -0.05) is 0 Å². The smallest absolute Gasteiger partial charge is 0.179 e. The second-order valence-corrected chi connectivity index (χ2v) is 3.34. The molecule has 0 saturated heterocycles. The summed E-state index contributed by atoms with van der Waals surface area (Å²) in [7, 11) is 0. The molecular weight excluding hydrogens is 186 g/mol. The van der Waals surface area contributed by atoms with Gasteiger partial charge in [-0.25, -0.2) is 9.97 Å². The molecule has 5 heteroatoms. The van der Waals surface area contributed by atoms with E-state index in [2.05, 4.69) is 15.0 Å². The summed E-state index contributed by atoms with van der Waals surface area (Å²) in [5.74, 6) is -0.00162. The fourth-order valence-electron chi connectivity index (χ4n) is 1.13. The van der Waals surface area contributed by atoms with E-state index in [0.29, 0.717) is 5.35 Å². The largest absolute Gasteiger partial charge is 0.293 e. The van der Waals surface area contributed by atoms with Gasteiger partial charge in [-0.2, -0.15) is 0 Å². The van der Waals surface area contributed by atoms with Crippen LogP contribution in [0.2, 0.25) is 0 Å². The van der Waals surface area contributed by atoms with E-state index < -0.39 is 0 Å². The van der Waals surface area contributed by atoms with E-state index in [4.69, 9.17) is 0 Å². The Morgan fingerprint density at radius 3 is 3.08 bits per heavy atom. The van der Waals surface area contributed by atoms with Gasteiger partial charge in [-0.3, -0.25) is 9.79 Å². The van der Waals surface area contributed by atoms with Gasteiger partial charge < -0.3 is 0 Å². The van der Waals surface area contributed by atoms with Crippen molar-refractivity contribution in [2.45, 2.75) is 5.03 Å². The second kappa shape index (κ2) is 3.26. The van der Waals surface area contributed by atoms with E-state index in [9.17, 15) is 4.79 Å². The first kappa shape index (κ1) is 8.37. The monoisotopic (exact) mass is 193 g/mol. The number of aromatic nitrogens is 2. The van der Waals surface area contributed by atoms with Crippen LogP contribution in [0.15, 0.2) is 16.3 Å². The fraction of sp³-hybridized carbons (Fsp3) is 0.250. The predicted molar refractivity (Wildman–Crippen MR) is 48.9 cm³/mol. The molecule has 0 saturated carbocycles. The lowest BCUT2D eigenvalue weighted by atomic mass is 10.3. The van der Waals surface area contributed by atoms with Gasteiger partial charge in [0.15, 0.2) is 5.78 Å². The lowest BCUT2D eigenvalue weighted by Gasteiger charge is -2.00. The average Bonchev–Trinajstić information content (AvgIpc) is 2.16. The summed E-state index contributed by atoms with van der Waals surface area (Å²) in [6, 6.07) is 0. The highest BCUT2D eigenvalue weighted by Gasteiger charge is 2.06. The second-order valence-electron chi connectivity index (χ2n) is 2.54. The third-order valence-corrected chi connectivity index (χ3v) is 2.39. The topological polar surface area (TPSA) is 55.2 Å². The van der Waals surface area contributed by atoms with Crippen LogP contribution < -0.4 is 10.7 Å². The number of carbonyl (C=O) groups is 1. The number of Topliss-reactive ketones (excluding diaryl/α,β-unsaturated/α-hetero) is 1. The quantitative estimate of drug-likeness (QED) is 0.432. The number of thioether (sulfide) groups is 1. The van der Waals surface area contributed by atoms with Crippen LogP contribution in [0.1, 0.15) is 0 Å². The standard InChI is InChI=1S/C8H7N3OS/c1-13-8-7-6(10-4-11-8)2-5(12)3-9-7/h2,4H,3H2,1H3. The maximum Gasteiger partial charge on any atom is 0.179 e. The lowest BCUT2D eigenvalue weighted by molar-refractivity contribution is -0.112. The van der Waals surface area contributed by atoms with Crippen molar-refractivity contribution in [3.8, 4) is 0 Å². The number of rotatable bonds is 1. The van der Waals surface area contributed by atoms with E-state index in [0.717, 1.165) is 10.4 Å². The Morgan fingerprint density at radius 1 is 1.46 bits per heavy atom. The normalized spacial score (nSPS) is 14.4. The number of fused-ring (bicyclic) bond motifs is 1. The molecule has 1 aromatic rings. The highest BCUT2D eigenvalue weighted by Crippen LogP contribution is 2.01. The number of carbonyl (C=O) groups excluding carboxylic acids is 1. The Morgan fingerprint density at radius 2 is 2.31 bits per heavy atom. The zero-order valence-corrected chi connectivity index (χ0v) is 7.84. The lowest BCUT2D eigenvalue weighted by Crippen LogP contribution is -2.36. The van der Waals surface area contributed by atoms with Crippen LogP contribution in [-0.2, 0) is 4.79 Å². The summed E-state index contributed by atoms with van der Waals surface area (Å²) in [6.07, 6.45) is 4.90. The molecule has 0 spiro atoms. The zero-order chi connectivity index (χ0) is 9.26. The molecule has 1 aliphatic heterocycles. The molecule has 0 fully saturated rings. The van der Waals surface area contributed by atoms with Crippen LogP contribution >= 0.6 is 11.8 Å². The Hall–Kier alpha value is -1.23. The first-order valence-electron chi connectivity index (χ1n) is 3.75. The molecule has 1 aliphatic rings. The van der Waals surface area contributed by atoms with Gasteiger partial charge in [-0.05, 0) is 6.26 Å². The molecular formula is C8H7N3OS. The van der Waals surface area contributed by atoms with Crippen molar-refractivity contribution in [1.82, 2.24) is 9.97 Å². The molecule has 2 rings (SSSR count). The molecule has 0 unspecified atom stereocenters. The molecule has 0 amide bonds. The molecule has 0 aromatic carbocycles. The highest BCUT2D eigenvalue weighted by molar-refractivity contribution is 7.98. The van der Waals surface area contributed by atoms with Gasteiger partial charge in [0.1, 0.15) is 23.3 Å². The molecule has 0 radical (unpaired) electrons. The van der Waals surface area contributed by atoms with Crippen molar-refractivity contribution in [2.75, 3.05) is 12.8 Å². The first-order chi connectivity index (χ1) is 6.31. The van der Waals surface area contributed by atoms with Gasteiger partial charge >= 0.3 is 0 Å². The third kappa shape index (κ3) is 1.47. The van der Waals surface area contributed by atoms with Gasteiger partial charge in [0.05, 0.1) is 5.35 Å². The SMILES string of the molecule is CSc1ncnc2c1=NCC(=O)C=2. The van der Waals surface area contributed by atoms with Gasteiger partial charge in [-0.15, -0.1) is 11.8 Å². The predicted octanol–water partition coefficient (Wildman–Crippen LogP) is -0.819. The summed E-state index contributed by atoms with van der Waals surface area (Å²) in [5.41, 5.74) is 0. The third-order valence-electron chi connectivity index (χ3n) is 1.70. The van der Waals surface area contributed by atoms with Crippen molar-refractivity contribution in [3.63, 3.8) is 0 Å². The van der Waals surface area contributed by atoms with Crippen LogP contribution in [0.25, 0.3) is 6.08 Å². The number of hydrogen-bond acceptors (Lipinski definition) is 5. The summed E-state index contributed by atoms with van der Waals surface area (Å²) < 4.78 is 0. The van der Waals surface area contributed by atoms with Gasteiger partial charge in [0.25, 0.3) is 0 Å². The minimum Gasteiger partial charge on any atom is -0.293 e. The van der Waals surface area contributed by atoms with E-state index in [1.807, 2.05) is 6.26 Å². The molecule has 0 aliphatic carbocycles. The minimum atomic E-state index is -0.00162. The summed E-state index contributed by atoms with van der Waals surface area (Å²) in [4.78, 5) is 23.2. The van der Waals surface area contributed by atoms with Crippen molar-refractivity contribution in [2.24, 2.45) is 4.99 Å². The fourth-order valence-corrected chi connectivity index (χ4v) is 1.65. The molecule has 0 N–H and O–H groups in total. The Balaban J connectivity index is 2.78. The Kier molecular flexibility index (Phi) is 2.10. The van der Waals surface area contributed by atoms with E-state index in [-0.39, 0.29) is 12.3 Å². The number of hydrogen-bond donors (Lipinski definition) is 0. The number of ketones is 1. The van der Waals surface area contributed by atoms with Crippen LogP contribution in [0.5, 0.6) is 0 Å². The van der Waals surface area contributed by atoms with Gasteiger partial charge in [0, 0.05) is 6.08 Å². The molecule has 4 nitrogen and oxygen atoms in total. The van der Waals surface area contributed by atoms with Crippen LogP contribution in [0, 0.1) is 0 Å². The maximum absolute atomic E-state index is 11.0. The van der Waals surface area contributed by atoms with Crippen LogP contribution in [0.3, 0.4) is 0 Å². The zero-order valence-electron chi connectivity index (χ0n) is 7.02. The molecule has 2 heterocycles. The van der Waals surface area contributed by atoms with Crippen molar-refractivity contribution in [3.05, 3.63) is 17.0 Å². The van der Waals surface area contributed by atoms with Crippen molar-refractivity contribution >= 4 is 23.6 Å². The van der Waals surface area contributed by atoms with Crippen LogP contribution in [0.4, 0.5) is 0 Å². The van der Waals surface area contributed by atoms with Crippen molar-refractivity contribution in [1.29, 1.82) is 0 Å². The van der Waals surface area contributed by atoms with E-state index >= 15 is 0 Å². The van der Waals surface area contributed by atoms with E-state index in [1.54, 1.807) is 0 Å². The Bertz CT molecular complexity index is 469. The molecule has 13 heavy (non-hydrogen) atoms. The van der Waals surface area contributed by atoms with E-state index in [1.165, 1.54) is 24.2 Å². The average molecular weight is 193 g/mol. The molecule has 1 aromatic heterocycles. The molecule has 0 bridgehead atoms. The Labute approximate surface area is 78.8 Å². The summed E-state index contributed by atoms with van der Waals surface area (Å²) in [5, 5.41) is 2.21. The highest BCUT2D eigenvalue weighted by atomic mass is 32.2. The maximum atomic E-state index is 11.0. The van der Waals surface area contributed by atoms with Crippen molar-refractivity contribution < 1.29 is 4.79 Å². The summed E-state index contributed by atoms with van der Waals surface area (Å²) >= 11 is 1.51. The van der Waals surface area contributed by atoms with Gasteiger partial charge in [0.2, 0.25) is 0 Å². The molecule has 0 atom stereocenters.